The lowest BCUT2D eigenvalue weighted by Crippen LogP contribution is -2.41. The van der Waals surface area contributed by atoms with Gasteiger partial charge in [0.15, 0.2) is 0 Å². The Kier molecular flexibility index (Phi) is 3.84. The normalized spacial score (nSPS) is 38.8. The van der Waals surface area contributed by atoms with Gasteiger partial charge in [0.05, 0.1) is 6.10 Å². The average Bonchev–Trinajstić information content (AvgIpc) is 2.72. The summed E-state index contributed by atoms with van der Waals surface area (Å²) in [5.41, 5.74) is 6.81. The van der Waals surface area contributed by atoms with Crippen molar-refractivity contribution in [2.45, 2.75) is 65.4 Å². The molecule has 0 aromatic rings. The highest BCUT2D eigenvalue weighted by Crippen LogP contribution is 2.52. The zero-order chi connectivity index (χ0) is 12.5. The van der Waals surface area contributed by atoms with Crippen molar-refractivity contribution >= 4 is 0 Å². The maximum atomic E-state index is 5.86. The lowest BCUT2D eigenvalue weighted by atomic mass is 9.61. The molecule has 2 N–H and O–H groups in total. The van der Waals surface area contributed by atoms with Crippen LogP contribution in [0.3, 0.4) is 0 Å². The Labute approximate surface area is 106 Å². The number of hydrogen-bond donors (Lipinski definition) is 1. The highest BCUT2D eigenvalue weighted by Gasteiger charge is 2.47. The molecular formula is C15H29NO. The van der Waals surface area contributed by atoms with Gasteiger partial charge in [0, 0.05) is 18.6 Å². The molecule has 2 fully saturated rings. The largest absolute Gasteiger partial charge is 0.376 e. The Morgan fingerprint density at radius 2 is 1.88 bits per heavy atom. The maximum Gasteiger partial charge on any atom is 0.0754 e. The van der Waals surface area contributed by atoms with Gasteiger partial charge in [-0.15, -0.1) is 0 Å². The Hall–Kier alpha value is -0.0800. The third-order valence-electron chi connectivity index (χ3n) is 5.81. The zero-order valence-corrected chi connectivity index (χ0v) is 11.8. The lowest BCUT2D eigenvalue weighted by Gasteiger charge is -2.45. The molecule has 100 valence electrons. The molecule has 0 bridgehead atoms. The summed E-state index contributed by atoms with van der Waals surface area (Å²) in [5.74, 6) is 0.900. The molecule has 0 radical (unpaired) electrons. The van der Waals surface area contributed by atoms with E-state index in [1.54, 1.807) is 0 Å². The molecule has 1 aliphatic heterocycles. The second-order valence-electron chi connectivity index (χ2n) is 6.82. The van der Waals surface area contributed by atoms with Gasteiger partial charge in [0.2, 0.25) is 0 Å². The van der Waals surface area contributed by atoms with Gasteiger partial charge in [-0.1, -0.05) is 27.2 Å². The first-order valence-corrected chi connectivity index (χ1v) is 7.36. The second kappa shape index (κ2) is 4.89. The third kappa shape index (κ3) is 2.39. The molecule has 1 heterocycles. The smallest absolute Gasteiger partial charge is 0.0754 e. The molecule has 0 aromatic heterocycles. The molecule has 1 spiro atoms. The molecule has 2 rings (SSSR count). The molecule has 1 atom stereocenters. The average molecular weight is 239 g/mol. The van der Waals surface area contributed by atoms with Crippen LogP contribution in [0.25, 0.3) is 0 Å². The molecule has 2 heteroatoms. The topological polar surface area (TPSA) is 35.2 Å². The van der Waals surface area contributed by atoms with Gasteiger partial charge in [-0.25, -0.2) is 0 Å². The van der Waals surface area contributed by atoms with E-state index in [9.17, 15) is 0 Å². The number of ether oxygens (including phenoxy) is 1. The number of rotatable bonds is 3. The van der Waals surface area contributed by atoms with E-state index in [2.05, 4.69) is 20.8 Å². The van der Waals surface area contributed by atoms with Crippen molar-refractivity contribution in [2.75, 3.05) is 13.2 Å². The van der Waals surface area contributed by atoms with Crippen molar-refractivity contribution in [3.63, 3.8) is 0 Å². The number of hydrogen-bond acceptors (Lipinski definition) is 2. The summed E-state index contributed by atoms with van der Waals surface area (Å²) in [6.07, 6.45) is 8.30. The monoisotopic (exact) mass is 239 g/mol. The first kappa shape index (κ1) is 13.4. The Morgan fingerprint density at radius 3 is 2.41 bits per heavy atom. The van der Waals surface area contributed by atoms with E-state index in [4.69, 9.17) is 10.5 Å². The van der Waals surface area contributed by atoms with Crippen molar-refractivity contribution < 1.29 is 4.74 Å². The van der Waals surface area contributed by atoms with Crippen molar-refractivity contribution in [3.05, 3.63) is 0 Å². The second-order valence-corrected chi connectivity index (χ2v) is 6.82. The van der Waals surface area contributed by atoms with Crippen LogP contribution >= 0.6 is 0 Å². The fraction of sp³-hybridized carbons (Fsp3) is 1.00. The molecule has 17 heavy (non-hydrogen) atoms. The standard InChI is InChI=1S/C15H29NO/c1-4-14(2,3)12-5-7-15(8-6-12)9-10-17-13(15)11-16/h12-13H,4-11,16H2,1-3H3. The fourth-order valence-corrected chi connectivity index (χ4v) is 3.90. The molecule has 2 nitrogen and oxygen atoms in total. The van der Waals surface area contributed by atoms with Gasteiger partial charge in [-0.2, -0.15) is 0 Å². The zero-order valence-electron chi connectivity index (χ0n) is 11.8. The minimum absolute atomic E-state index is 0.341. The summed E-state index contributed by atoms with van der Waals surface area (Å²) in [7, 11) is 0. The van der Waals surface area contributed by atoms with Crippen molar-refractivity contribution in [2.24, 2.45) is 22.5 Å². The minimum Gasteiger partial charge on any atom is -0.376 e. The summed E-state index contributed by atoms with van der Waals surface area (Å²) in [6, 6.07) is 0. The van der Waals surface area contributed by atoms with Crippen LogP contribution in [0.5, 0.6) is 0 Å². The number of nitrogens with two attached hydrogens (primary N) is 1. The van der Waals surface area contributed by atoms with E-state index in [0.29, 0.717) is 23.5 Å². The minimum atomic E-state index is 0.341. The molecule has 1 aliphatic carbocycles. The third-order valence-corrected chi connectivity index (χ3v) is 5.81. The summed E-state index contributed by atoms with van der Waals surface area (Å²) >= 11 is 0. The van der Waals surface area contributed by atoms with Crippen LogP contribution in [0.4, 0.5) is 0 Å². The van der Waals surface area contributed by atoms with Crippen LogP contribution in [-0.2, 0) is 4.74 Å². The van der Waals surface area contributed by atoms with Gasteiger partial charge < -0.3 is 10.5 Å². The molecular weight excluding hydrogens is 210 g/mol. The van der Waals surface area contributed by atoms with Crippen molar-refractivity contribution in [1.82, 2.24) is 0 Å². The molecule has 2 aliphatic rings. The van der Waals surface area contributed by atoms with Crippen LogP contribution in [0.1, 0.15) is 59.3 Å². The Balaban J connectivity index is 1.98. The summed E-state index contributed by atoms with van der Waals surface area (Å²) in [4.78, 5) is 0. The van der Waals surface area contributed by atoms with Gasteiger partial charge in [0.25, 0.3) is 0 Å². The Morgan fingerprint density at radius 1 is 1.24 bits per heavy atom. The van der Waals surface area contributed by atoms with Gasteiger partial charge in [-0.05, 0) is 43.4 Å². The van der Waals surface area contributed by atoms with E-state index >= 15 is 0 Å². The van der Waals surface area contributed by atoms with Gasteiger partial charge in [-0.3, -0.25) is 0 Å². The van der Waals surface area contributed by atoms with Crippen molar-refractivity contribution in [1.29, 1.82) is 0 Å². The van der Waals surface area contributed by atoms with E-state index in [-0.39, 0.29) is 0 Å². The van der Waals surface area contributed by atoms with Crippen molar-refractivity contribution in [3.8, 4) is 0 Å². The van der Waals surface area contributed by atoms with Crippen LogP contribution in [-0.4, -0.2) is 19.3 Å². The fourth-order valence-electron chi connectivity index (χ4n) is 3.90. The first-order valence-electron chi connectivity index (χ1n) is 7.36. The molecule has 1 saturated carbocycles. The summed E-state index contributed by atoms with van der Waals surface area (Å²) in [6.45, 7) is 8.83. The van der Waals surface area contributed by atoms with Crippen LogP contribution < -0.4 is 5.73 Å². The molecule has 0 amide bonds. The maximum absolute atomic E-state index is 5.86. The molecule has 1 saturated heterocycles. The highest BCUT2D eigenvalue weighted by atomic mass is 16.5. The summed E-state index contributed by atoms with van der Waals surface area (Å²) in [5, 5.41) is 0. The van der Waals surface area contributed by atoms with Crippen LogP contribution in [0.15, 0.2) is 0 Å². The molecule has 0 aromatic carbocycles. The van der Waals surface area contributed by atoms with Crippen LogP contribution in [0.2, 0.25) is 0 Å². The summed E-state index contributed by atoms with van der Waals surface area (Å²) < 4.78 is 5.82. The van der Waals surface area contributed by atoms with E-state index in [1.165, 1.54) is 38.5 Å². The van der Waals surface area contributed by atoms with Gasteiger partial charge >= 0.3 is 0 Å². The van der Waals surface area contributed by atoms with E-state index in [1.807, 2.05) is 0 Å². The van der Waals surface area contributed by atoms with E-state index < -0.39 is 0 Å². The predicted octanol–water partition coefficient (Wildman–Crippen LogP) is 3.35. The lowest BCUT2D eigenvalue weighted by molar-refractivity contribution is 0.00698. The van der Waals surface area contributed by atoms with Gasteiger partial charge in [0.1, 0.15) is 0 Å². The first-order chi connectivity index (χ1) is 8.04. The predicted molar refractivity (Wildman–Crippen MR) is 71.9 cm³/mol. The SMILES string of the molecule is CCC(C)(C)C1CCC2(CCOC2CN)CC1. The molecule has 1 unspecified atom stereocenters. The van der Waals surface area contributed by atoms with E-state index in [0.717, 1.165) is 12.5 Å². The highest BCUT2D eigenvalue weighted by molar-refractivity contribution is 4.97. The Bertz CT molecular complexity index is 254. The quantitative estimate of drug-likeness (QED) is 0.819. The van der Waals surface area contributed by atoms with Crippen LogP contribution in [0, 0.1) is 16.7 Å².